The molecule has 0 fully saturated rings. The number of benzene rings is 1. The lowest BCUT2D eigenvalue weighted by molar-refractivity contribution is -0.169. The van der Waals surface area contributed by atoms with Crippen molar-refractivity contribution in [2.45, 2.75) is 13.8 Å². The van der Waals surface area contributed by atoms with Crippen LogP contribution in [-0.4, -0.2) is 30.9 Å². The third-order valence-electron chi connectivity index (χ3n) is 3.83. The SMILES string of the molecule is CCOC(=O)C1(C(=O)OCC)C=CC=CC1C(=O)c1ccccc1. The summed E-state index contributed by atoms with van der Waals surface area (Å²) < 4.78 is 10.2. The van der Waals surface area contributed by atoms with Gasteiger partial charge < -0.3 is 9.47 Å². The van der Waals surface area contributed by atoms with Gasteiger partial charge in [-0.3, -0.25) is 14.4 Å². The summed E-state index contributed by atoms with van der Waals surface area (Å²) in [7, 11) is 0. The van der Waals surface area contributed by atoms with Crippen molar-refractivity contribution in [2.75, 3.05) is 13.2 Å². The third kappa shape index (κ3) is 3.15. The largest absolute Gasteiger partial charge is 0.465 e. The molecule has 0 saturated heterocycles. The van der Waals surface area contributed by atoms with Crippen LogP contribution < -0.4 is 0 Å². The summed E-state index contributed by atoms with van der Waals surface area (Å²) >= 11 is 0. The topological polar surface area (TPSA) is 69.7 Å². The Labute approximate surface area is 141 Å². The number of hydrogen-bond donors (Lipinski definition) is 0. The first kappa shape index (κ1) is 17.7. The van der Waals surface area contributed by atoms with E-state index in [2.05, 4.69) is 0 Å². The predicted molar refractivity (Wildman–Crippen MR) is 88.2 cm³/mol. The minimum atomic E-state index is -1.80. The highest BCUT2D eigenvalue weighted by molar-refractivity contribution is 6.11. The van der Waals surface area contributed by atoms with Crippen molar-refractivity contribution in [3.05, 3.63) is 60.2 Å². The molecule has 1 aliphatic carbocycles. The summed E-state index contributed by atoms with van der Waals surface area (Å²) in [5.41, 5.74) is -1.38. The van der Waals surface area contributed by atoms with Crippen molar-refractivity contribution in [1.29, 1.82) is 0 Å². The monoisotopic (exact) mass is 328 g/mol. The molecule has 2 rings (SSSR count). The zero-order chi connectivity index (χ0) is 17.6. The van der Waals surface area contributed by atoms with Crippen molar-refractivity contribution in [1.82, 2.24) is 0 Å². The lowest BCUT2D eigenvalue weighted by atomic mass is 9.69. The quantitative estimate of drug-likeness (QED) is 0.456. The molecule has 0 N–H and O–H groups in total. The van der Waals surface area contributed by atoms with Crippen molar-refractivity contribution < 1.29 is 23.9 Å². The Morgan fingerprint density at radius 1 is 0.958 bits per heavy atom. The summed E-state index contributed by atoms with van der Waals surface area (Å²) in [6, 6.07) is 8.54. The minimum absolute atomic E-state index is 0.101. The highest BCUT2D eigenvalue weighted by atomic mass is 16.6. The molecule has 1 aliphatic rings. The van der Waals surface area contributed by atoms with E-state index in [1.54, 1.807) is 62.4 Å². The van der Waals surface area contributed by atoms with Gasteiger partial charge in [0.2, 0.25) is 0 Å². The zero-order valence-corrected chi connectivity index (χ0v) is 13.7. The molecule has 24 heavy (non-hydrogen) atoms. The summed E-state index contributed by atoms with van der Waals surface area (Å²) in [4.78, 5) is 38.2. The molecule has 0 aromatic heterocycles. The van der Waals surface area contributed by atoms with Crippen LogP contribution >= 0.6 is 0 Å². The van der Waals surface area contributed by atoms with Crippen LogP contribution in [0.15, 0.2) is 54.6 Å². The normalized spacial score (nSPS) is 18.0. The summed E-state index contributed by atoms with van der Waals surface area (Å²) in [6.45, 7) is 3.49. The van der Waals surface area contributed by atoms with E-state index in [1.807, 2.05) is 0 Å². The van der Waals surface area contributed by atoms with E-state index in [0.717, 1.165) is 0 Å². The first-order valence-electron chi connectivity index (χ1n) is 7.87. The van der Waals surface area contributed by atoms with Gasteiger partial charge in [0.05, 0.1) is 19.1 Å². The maximum Gasteiger partial charge on any atom is 0.328 e. The van der Waals surface area contributed by atoms with E-state index < -0.39 is 23.3 Å². The van der Waals surface area contributed by atoms with E-state index in [4.69, 9.17) is 9.47 Å². The average molecular weight is 328 g/mol. The lowest BCUT2D eigenvalue weighted by Gasteiger charge is -2.33. The third-order valence-corrected chi connectivity index (χ3v) is 3.83. The molecule has 0 radical (unpaired) electrons. The van der Waals surface area contributed by atoms with Crippen molar-refractivity contribution in [2.24, 2.45) is 11.3 Å². The smallest absolute Gasteiger partial charge is 0.328 e. The van der Waals surface area contributed by atoms with Gasteiger partial charge in [-0.1, -0.05) is 54.6 Å². The number of hydrogen-bond acceptors (Lipinski definition) is 5. The minimum Gasteiger partial charge on any atom is -0.465 e. The molecular formula is C19H20O5. The fourth-order valence-electron chi connectivity index (χ4n) is 2.69. The second-order valence-electron chi connectivity index (χ2n) is 5.26. The van der Waals surface area contributed by atoms with E-state index in [9.17, 15) is 14.4 Å². The number of allylic oxidation sites excluding steroid dienone is 3. The van der Waals surface area contributed by atoms with Crippen LogP contribution in [0.3, 0.4) is 0 Å². The highest BCUT2D eigenvalue weighted by Crippen LogP contribution is 2.39. The van der Waals surface area contributed by atoms with Gasteiger partial charge in [0, 0.05) is 5.56 Å². The Morgan fingerprint density at radius 3 is 2.08 bits per heavy atom. The molecule has 0 saturated carbocycles. The van der Waals surface area contributed by atoms with E-state index in [0.29, 0.717) is 5.56 Å². The van der Waals surface area contributed by atoms with Crippen LogP contribution in [0.4, 0.5) is 0 Å². The molecule has 0 aliphatic heterocycles. The fourth-order valence-corrected chi connectivity index (χ4v) is 2.69. The Balaban J connectivity index is 2.51. The summed E-state index contributed by atoms with van der Waals surface area (Å²) in [5, 5.41) is 0. The Bertz CT molecular complexity index is 654. The second kappa shape index (κ2) is 7.73. The van der Waals surface area contributed by atoms with Gasteiger partial charge >= 0.3 is 11.9 Å². The van der Waals surface area contributed by atoms with Crippen LogP contribution in [0.25, 0.3) is 0 Å². The standard InChI is InChI=1S/C19H20O5/c1-3-23-17(21)19(18(22)24-4-2)13-9-8-12-15(19)16(20)14-10-6-5-7-11-14/h5-13,15H,3-4H2,1-2H3. The molecule has 0 spiro atoms. The molecule has 1 aromatic carbocycles. The first-order chi connectivity index (χ1) is 11.6. The van der Waals surface area contributed by atoms with Gasteiger partial charge in [0.1, 0.15) is 0 Å². The Kier molecular flexibility index (Phi) is 5.68. The number of rotatable bonds is 6. The zero-order valence-electron chi connectivity index (χ0n) is 13.7. The number of ether oxygens (including phenoxy) is 2. The second-order valence-corrected chi connectivity index (χ2v) is 5.26. The van der Waals surface area contributed by atoms with Crippen LogP contribution in [0.5, 0.6) is 0 Å². The predicted octanol–water partition coefficient (Wildman–Crippen LogP) is 2.72. The van der Waals surface area contributed by atoms with Crippen molar-refractivity contribution >= 4 is 17.7 Å². The molecule has 1 atom stereocenters. The van der Waals surface area contributed by atoms with Crippen LogP contribution in [-0.2, 0) is 19.1 Å². The molecule has 1 aromatic rings. The number of carbonyl (C=O) groups excluding carboxylic acids is 3. The summed E-state index contributed by atoms with van der Waals surface area (Å²) in [5.74, 6) is -2.91. The lowest BCUT2D eigenvalue weighted by Crippen LogP contribution is -2.49. The van der Waals surface area contributed by atoms with E-state index in [-0.39, 0.29) is 19.0 Å². The van der Waals surface area contributed by atoms with Crippen LogP contribution in [0, 0.1) is 11.3 Å². The fraction of sp³-hybridized carbons (Fsp3) is 0.316. The van der Waals surface area contributed by atoms with Gasteiger partial charge in [0.25, 0.3) is 0 Å². The van der Waals surface area contributed by atoms with Crippen LogP contribution in [0.2, 0.25) is 0 Å². The van der Waals surface area contributed by atoms with Gasteiger partial charge in [0.15, 0.2) is 11.2 Å². The highest BCUT2D eigenvalue weighted by Gasteiger charge is 2.55. The van der Waals surface area contributed by atoms with Gasteiger partial charge in [-0.2, -0.15) is 0 Å². The molecule has 0 heterocycles. The maximum atomic E-state index is 12.9. The average Bonchev–Trinajstić information content (AvgIpc) is 2.62. The van der Waals surface area contributed by atoms with Gasteiger partial charge in [-0.25, -0.2) is 0 Å². The first-order valence-corrected chi connectivity index (χ1v) is 7.87. The van der Waals surface area contributed by atoms with Gasteiger partial charge in [-0.05, 0) is 13.8 Å². The molecule has 5 nitrogen and oxygen atoms in total. The number of esters is 2. The summed E-state index contributed by atoms with van der Waals surface area (Å²) in [6.07, 6.45) is 6.14. The Hall–Kier alpha value is -2.69. The number of carbonyl (C=O) groups is 3. The number of Topliss-reactive ketones (excluding diaryl/α,β-unsaturated/α-hetero) is 1. The molecule has 5 heteroatoms. The maximum absolute atomic E-state index is 12.9. The van der Waals surface area contributed by atoms with Gasteiger partial charge in [-0.15, -0.1) is 0 Å². The molecular weight excluding hydrogens is 308 g/mol. The molecule has 0 amide bonds. The van der Waals surface area contributed by atoms with E-state index in [1.165, 1.54) is 6.08 Å². The van der Waals surface area contributed by atoms with E-state index >= 15 is 0 Å². The van der Waals surface area contributed by atoms with Crippen LogP contribution in [0.1, 0.15) is 24.2 Å². The molecule has 1 unspecified atom stereocenters. The van der Waals surface area contributed by atoms with Crippen molar-refractivity contribution in [3.63, 3.8) is 0 Å². The van der Waals surface area contributed by atoms with Crippen molar-refractivity contribution in [3.8, 4) is 0 Å². The Morgan fingerprint density at radius 2 is 1.54 bits per heavy atom. The molecule has 0 bridgehead atoms. The molecule has 126 valence electrons. The number of ketones is 1.